The van der Waals surface area contributed by atoms with Gasteiger partial charge in [0.2, 0.25) is 0 Å². The first-order chi connectivity index (χ1) is 9.08. The fraction of sp³-hybridized carbons (Fsp3) is 0.300. The van der Waals surface area contributed by atoms with Crippen molar-refractivity contribution < 1.29 is 24.2 Å². The summed E-state index contributed by atoms with van der Waals surface area (Å²) < 4.78 is 4.51. The third-order valence-corrected chi connectivity index (χ3v) is 1.77. The number of imide groups is 1. The number of amides is 3. The number of carbonyl (C=O) groups is 3. The second-order valence-electron chi connectivity index (χ2n) is 3.33. The summed E-state index contributed by atoms with van der Waals surface area (Å²) in [6, 6.07) is 2.59. The fourth-order valence-corrected chi connectivity index (χ4v) is 1.04. The van der Waals surface area contributed by atoms with Gasteiger partial charge in [-0.2, -0.15) is 10.2 Å². The normalized spacial score (nSPS) is 9.68. The van der Waals surface area contributed by atoms with Crippen molar-refractivity contribution in [3.05, 3.63) is 24.0 Å². The van der Waals surface area contributed by atoms with E-state index in [9.17, 15) is 14.4 Å². The lowest BCUT2D eigenvalue weighted by Crippen LogP contribution is -2.41. The summed E-state index contributed by atoms with van der Waals surface area (Å²) in [4.78, 5) is 32.5. The zero-order chi connectivity index (χ0) is 14.1. The maximum atomic E-state index is 11.3. The SMILES string of the molecule is O=C(O)COCC(=O)NC(=O)NCc1cccnn1. The molecule has 0 aliphatic carbocycles. The minimum atomic E-state index is -1.19. The molecule has 1 aromatic heterocycles. The van der Waals surface area contributed by atoms with E-state index >= 15 is 0 Å². The molecule has 9 heteroatoms. The molecule has 0 saturated heterocycles. The van der Waals surface area contributed by atoms with Gasteiger partial charge in [-0.1, -0.05) is 0 Å². The third-order valence-electron chi connectivity index (χ3n) is 1.77. The van der Waals surface area contributed by atoms with Gasteiger partial charge in [0.05, 0.1) is 12.2 Å². The molecule has 3 amide bonds. The average molecular weight is 268 g/mol. The van der Waals surface area contributed by atoms with Gasteiger partial charge in [0.15, 0.2) is 0 Å². The number of urea groups is 1. The minimum Gasteiger partial charge on any atom is -0.480 e. The molecule has 0 spiro atoms. The lowest BCUT2D eigenvalue weighted by molar-refractivity contribution is -0.143. The van der Waals surface area contributed by atoms with Gasteiger partial charge in [-0.25, -0.2) is 9.59 Å². The second-order valence-corrected chi connectivity index (χ2v) is 3.33. The molecule has 19 heavy (non-hydrogen) atoms. The van der Waals surface area contributed by atoms with E-state index in [1.165, 1.54) is 6.20 Å². The van der Waals surface area contributed by atoms with Crippen LogP contribution in [0.4, 0.5) is 4.79 Å². The highest BCUT2D eigenvalue weighted by Gasteiger charge is 2.08. The fourth-order valence-electron chi connectivity index (χ4n) is 1.04. The second kappa shape index (κ2) is 7.71. The Bertz CT molecular complexity index is 450. The van der Waals surface area contributed by atoms with Crippen LogP contribution in [-0.2, 0) is 20.9 Å². The number of nitrogens with one attached hydrogen (secondary N) is 2. The zero-order valence-electron chi connectivity index (χ0n) is 9.83. The van der Waals surface area contributed by atoms with Crippen molar-refractivity contribution in [2.75, 3.05) is 13.2 Å². The monoisotopic (exact) mass is 268 g/mol. The van der Waals surface area contributed by atoms with E-state index in [0.717, 1.165) is 0 Å². The molecule has 0 radical (unpaired) electrons. The van der Waals surface area contributed by atoms with Crippen LogP contribution in [0.1, 0.15) is 5.69 Å². The largest absolute Gasteiger partial charge is 0.480 e. The first-order valence-electron chi connectivity index (χ1n) is 5.21. The summed E-state index contributed by atoms with van der Waals surface area (Å²) in [6.45, 7) is -0.998. The van der Waals surface area contributed by atoms with Crippen LogP contribution in [-0.4, -0.2) is 46.4 Å². The van der Waals surface area contributed by atoms with Crippen molar-refractivity contribution >= 4 is 17.9 Å². The van der Waals surface area contributed by atoms with E-state index in [4.69, 9.17) is 5.11 Å². The number of nitrogens with zero attached hydrogens (tertiary/aromatic N) is 2. The molecule has 1 rings (SSSR count). The van der Waals surface area contributed by atoms with Crippen molar-refractivity contribution in [2.45, 2.75) is 6.54 Å². The number of carbonyl (C=O) groups excluding carboxylic acids is 2. The van der Waals surface area contributed by atoms with Gasteiger partial charge in [0.25, 0.3) is 5.91 Å². The van der Waals surface area contributed by atoms with Gasteiger partial charge >= 0.3 is 12.0 Å². The van der Waals surface area contributed by atoms with Crippen LogP contribution < -0.4 is 10.6 Å². The van der Waals surface area contributed by atoms with Crippen LogP contribution in [0, 0.1) is 0 Å². The standard InChI is InChI=1S/C10H12N4O5/c15-8(5-19-6-9(16)17)13-10(18)11-4-7-2-1-3-12-14-7/h1-3H,4-6H2,(H,16,17)(H2,11,13,15,18). The van der Waals surface area contributed by atoms with Gasteiger partial charge in [-0.05, 0) is 12.1 Å². The Labute approximate surface area is 108 Å². The summed E-state index contributed by atoms with van der Waals surface area (Å²) in [5.74, 6) is -1.93. The molecule has 0 saturated carbocycles. The van der Waals surface area contributed by atoms with Crippen molar-refractivity contribution in [2.24, 2.45) is 0 Å². The highest BCUT2D eigenvalue weighted by atomic mass is 16.5. The molecule has 0 fully saturated rings. The number of aromatic nitrogens is 2. The van der Waals surface area contributed by atoms with Crippen molar-refractivity contribution in [3.8, 4) is 0 Å². The number of hydrogen-bond donors (Lipinski definition) is 3. The Morgan fingerprint density at radius 1 is 1.32 bits per heavy atom. The zero-order valence-corrected chi connectivity index (χ0v) is 9.83. The highest BCUT2D eigenvalue weighted by molar-refractivity contribution is 5.94. The highest BCUT2D eigenvalue weighted by Crippen LogP contribution is 1.89. The van der Waals surface area contributed by atoms with E-state index in [0.29, 0.717) is 5.69 Å². The van der Waals surface area contributed by atoms with Crippen molar-refractivity contribution in [1.82, 2.24) is 20.8 Å². The van der Waals surface area contributed by atoms with Crippen LogP contribution in [0.15, 0.2) is 18.3 Å². The Morgan fingerprint density at radius 3 is 2.74 bits per heavy atom. The van der Waals surface area contributed by atoms with Crippen molar-refractivity contribution in [1.29, 1.82) is 0 Å². The molecule has 0 aliphatic rings. The molecule has 0 atom stereocenters. The van der Waals surface area contributed by atoms with Crippen molar-refractivity contribution in [3.63, 3.8) is 0 Å². The van der Waals surface area contributed by atoms with Gasteiger partial charge in [-0.3, -0.25) is 10.1 Å². The van der Waals surface area contributed by atoms with Crippen LogP contribution >= 0.6 is 0 Å². The maximum Gasteiger partial charge on any atom is 0.329 e. The molecule has 0 aliphatic heterocycles. The molecule has 1 heterocycles. The summed E-state index contributed by atoms with van der Waals surface area (Å²) in [6.07, 6.45) is 1.49. The predicted molar refractivity (Wildman–Crippen MR) is 60.9 cm³/mol. The third kappa shape index (κ3) is 6.68. The minimum absolute atomic E-state index is 0.114. The molecule has 102 valence electrons. The van der Waals surface area contributed by atoms with Crippen LogP contribution in [0.25, 0.3) is 0 Å². The molecule has 0 aromatic carbocycles. The number of hydrogen-bond acceptors (Lipinski definition) is 6. The smallest absolute Gasteiger partial charge is 0.329 e. The molecular weight excluding hydrogens is 256 g/mol. The van der Waals surface area contributed by atoms with E-state index in [1.54, 1.807) is 12.1 Å². The summed E-state index contributed by atoms with van der Waals surface area (Å²) in [5, 5.41) is 20.0. The molecule has 0 unspecified atom stereocenters. The van der Waals surface area contributed by atoms with E-state index in [-0.39, 0.29) is 6.54 Å². The molecular formula is C10H12N4O5. The first kappa shape index (κ1) is 14.5. The Hall–Kier alpha value is -2.55. The number of carboxylic acids is 1. The van der Waals surface area contributed by atoms with Gasteiger partial charge in [0, 0.05) is 6.20 Å². The van der Waals surface area contributed by atoms with Gasteiger partial charge in [0.1, 0.15) is 13.2 Å². The quantitative estimate of drug-likeness (QED) is 0.597. The Balaban J connectivity index is 2.20. The number of rotatable bonds is 6. The molecule has 9 nitrogen and oxygen atoms in total. The average Bonchev–Trinajstić information content (AvgIpc) is 2.37. The Kier molecular flexibility index (Phi) is 5.89. The topological polar surface area (TPSA) is 131 Å². The number of aliphatic carboxylic acids is 1. The van der Waals surface area contributed by atoms with Crippen LogP contribution in [0.2, 0.25) is 0 Å². The lowest BCUT2D eigenvalue weighted by Gasteiger charge is -2.05. The lowest BCUT2D eigenvalue weighted by atomic mass is 10.4. The number of carboxylic acid groups (broad SMARTS) is 1. The van der Waals surface area contributed by atoms with Gasteiger partial charge in [-0.15, -0.1) is 0 Å². The summed E-state index contributed by atoms with van der Waals surface area (Å²) >= 11 is 0. The van der Waals surface area contributed by atoms with E-state index in [1.807, 2.05) is 5.32 Å². The van der Waals surface area contributed by atoms with E-state index in [2.05, 4.69) is 20.3 Å². The van der Waals surface area contributed by atoms with Gasteiger partial charge < -0.3 is 15.2 Å². The van der Waals surface area contributed by atoms with E-state index < -0.39 is 31.1 Å². The molecule has 0 bridgehead atoms. The summed E-state index contributed by atoms with van der Waals surface area (Å²) in [5.41, 5.74) is 0.534. The summed E-state index contributed by atoms with van der Waals surface area (Å²) in [7, 11) is 0. The molecule has 1 aromatic rings. The maximum absolute atomic E-state index is 11.3. The van der Waals surface area contributed by atoms with Crippen LogP contribution in [0.3, 0.4) is 0 Å². The molecule has 3 N–H and O–H groups in total. The number of ether oxygens (including phenoxy) is 1. The van der Waals surface area contributed by atoms with Crippen LogP contribution in [0.5, 0.6) is 0 Å². The first-order valence-corrected chi connectivity index (χ1v) is 5.21. The Morgan fingerprint density at radius 2 is 2.11 bits per heavy atom. The predicted octanol–water partition coefficient (Wildman–Crippen LogP) is -1.10.